The summed E-state index contributed by atoms with van der Waals surface area (Å²) in [6.45, 7) is 3.85. The predicted octanol–water partition coefficient (Wildman–Crippen LogP) is 3.42. The Morgan fingerprint density at radius 3 is 2.43 bits per heavy atom. The summed E-state index contributed by atoms with van der Waals surface area (Å²) in [4.78, 5) is 34.6. The van der Waals surface area contributed by atoms with Crippen LogP contribution >= 0.6 is 11.6 Å². The highest BCUT2D eigenvalue weighted by molar-refractivity contribution is 7.92. The molecule has 0 spiro atoms. The molecule has 0 unspecified atom stereocenters. The van der Waals surface area contributed by atoms with Gasteiger partial charge in [-0.25, -0.2) is 28.0 Å². The highest BCUT2D eigenvalue weighted by Crippen LogP contribution is 2.35. The zero-order valence-corrected chi connectivity index (χ0v) is 20.2. The molecule has 0 saturated carbocycles. The number of rotatable bonds is 8. The minimum absolute atomic E-state index is 0.0469. The fourth-order valence-electron chi connectivity index (χ4n) is 3.29. The van der Waals surface area contributed by atoms with Crippen LogP contribution in [0.2, 0.25) is 0 Å². The van der Waals surface area contributed by atoms with Crippen LogP contribution in [-0.4, -0.2) is 36.8 Å². The fraction of sp³-hybridized carbons (Fsp3) is 0.130. The molecule has 0 atom stereocenters. The van der Waals surface area contributed by atoms with Crippen molar-refractivity contribution < 1.29 is 22.7 Å². The van der Waals surface area contributed by atoms with E-state index in [1.54, 1.807) is 44.2 Å². The molecular formula is C23H20ClN5O5S. The Morgan fingerprint density at radius 2 is 1.74 bits per heavy atom. The van der Waals surface area contributed by atoms with Gasteiger partial charge >= 0.3 is 0 Å². The van der Waals surface area contributed by atoms with E-state index in [-0.39, 0.29) is 27.3 Å². The summed E-state index contributed by atoms with van der Waals surface area (Å²) in [7, 11) is -3.94. The van der Waals surface area contributed by atoms with Crippen LogP contribution in [0.3, 0.4) is 0 Å². The third-order valence-corrected chi connectivity index (χ3v) is 6.58. The molecule has 0 saturated heterocycles. The van der Waals surface area contributed by atoms with E-state index in [4.69, 9.17) is 16.3 Å². The van der Waals surface area contributed by atoms with Crippen LogP contribution in [-0.2, 0) is 19.6 Å². The number of anilines is 3. The molecule has 4 rings (SSSR count). The maximum Gasteiger partial charge on any atom is 0.283 e. The van der Waals surface area contributed by atoms with Crippen molar-refractivity contribution in [2.45, 2.75) is 18.7 Å². The van der Waals surface area contributed by atoms with Crippen LogP contribution in [0.5, 0.6) is 5.75 Å². The van der Waals surface area contributed by atoms with Crippen molar-refractivity contribution in [3.8, 4) is 5.75 Å². The fourth-order valence-corrected chi connectivity index (χ4v) is 4.45. The van der Waals surface area contributed by atoms with Gasteiger partial charge in [0.15, 0.2) is 0 Å². The first kappa shape index (κ1) is 24.2. The van der Waals surface area contributed by atoms with Gasteiger partial charge in [0.05, 0.1) is 17.2 Å². The van der Waals surface area contributed by atoms with Gasteiger partial charge in [0.2, 0.25) is 5.95 Å². The molecule has 1 aliphatic rings. The number of nitrogens with zero attached hydrogens (tertiary/aromatic N) is 3. The number of aryl methyl sites for hydroxylation is 1. The number of halogens is 1. The number of hydrogen-bond donors (Lipinski definition) is 2. The maximum absolute atomic E-state index is 13.1. The Kier molecular flexibility index (Phi) is 6.72. The molecular weight excluding hydrogens is 494 g/mol. The first-order valence-corrected chi connectivity index (χ1v) is 12.3. The molecule has 2 amide bonds. The Hall–Kier alpha value is -3.96. The molecule has 1 aliphatic heterocycles. The number of carbonyl (C=O) groups excluding carboxylic acids is 2. The van der Waals surface area contributed by atoms with Gasteiger partial charge in [-0.05, 0) is 56.3 Å². The third-order valence-electron chi connectivity index (χ3n) is 4.89. The number of hydrogen-bond acceptors (Lipinski definition) is 8. The number of carbonyl (C=O) groups is 2. The minimum atomic E-state index is -3.94. The summed E-state index contributed by atoms with van der Waals surface area (Å²) in [5, 5.41) is 2.52. The average Bonchev–Trinajstić information content (AvgIpc) is 3.03. The van der Waals surface area contributed by atoms with Crippen LogP contribution < -0.4 is 19.7 Å². The predicted molar refractivity (Wildman–Crippen MR) is 131 cm³/mol. The van der Waals surface area contributed by atoms with Gasteiger partial charge in [-0.1, -0.05) is 23.7 Å². The van der Waals surface area contributed by atoms with E-state index in [0.717, 1.165) is 4.90 Å². The van der Waals surface area contributed by atoms with Gasteiger partial charge in [-0.3, -0.25) is 9.59 Å². The van der Waals surface area contributed by atoms with Crippen LogP contribution in [0.4, 0.5) is 17.3 Å². The van der Waals surface area contributed by atoms with E-state index in [1.807, 2.05) is 0 Å². The Balaban J connectivity index is 1.54. The number of sulfonamides is 1. The number of benzene rings is 2. The molecule has 2 aromatic carbocycles. The van der Waals surface area contributed by atoms with E-state index >= 15 is 0 Å². The van der Waals surface area contributed by atoms with Crippen LogP contribution in [0.1, 0.15) is 12.6 Å². The molecule has 2 heterocycles. The Morgan fingerprint density at radius 1 is 1.03 bits per heavy atom. The molecule has 35 heavy (non-hydrogen) atoms. The van der Waals surface area contributed by atoms with Gasteiger partial charge in [-0.2, -0.15) is 0 Å². The van der Waals surface area contributed by atoms with Crippen molar-refractivity contribution in [2.24, 2.45) is 0 Å². The lowest BCUT2D eigenvalue weighted by Crippen LogP contribution is -2.32. The second-order valence-corrected chi connectivity index (χ2v) is 9.37. The summed E-state index contributed by atoms with van der Waals surface area (Å²) < 4.78 is 33.1. The van der Waals surface area contributed by atoms with Crippen molar-refractivity contribution in [1.82, 2.24) is 9.97 Å². The molecule has 10 nitrogen and oxygen atoms in total. The van der Waals surface area contributed by atoms with Crippen LogP contribution in [0, 0.1) is 6.92 Å². The summed E-state index contributed by atoms with van der Waals surface area (Å²) >= 11 is 6.20. The zero-order valence-electron chi connectivity index (χ0n) is 18.6. The monoisotopic (exact) mass is 513 g/mol. The minimum Gasteiger partial charge on any atom is -0.492 e. The average molecular weight is 514 g/mol. The van der Waals surface area contributed by atoms with Crippen molar-refractivity contribution in [3.63, 3.8) is 0 Å². The van der Waals surface area contributed by atoms with E-state index < -0.39 is 21.8 Å². The van der Waals surface area contributed by atoms with Gasteiger partial charge < -0.3 is 10.1 Å². The Bertz CT molecular complexity index is 1440. The summed E-state index contributed by atoms with van der Waals surface area (Å²) in [6.07, 6.45) is 1.45. The highest BCUT2D eigenvalue weighted by Gasteiger charge is 2.40. The lowest BCUT2D eigenvalue weighted by molar-refractivity contribution is -0.120. The normalized spacial score (nSPS) is 13.9. The van der Waals surface area contributed by atoms with Crippen molar-refractivity contribution in [3.05, 3.63) is 77.2 Å². The smallest absolute Gasteiger partial charge is 0.283 e. The largest absolute Gasteiger partial charge is 0.492 e. The van der Waals surface area contributed by atoms with E-state index in [9.17, 15) is 18.0 Å². The van der Waals surface area contributed by atoms with Gasteiger partial charge in [0.25, 0.3) is 21.8 Å². The van der Waals surface area contributed by atoms with Crippen molar-refractivity contribution in [2.75, 3.05) is 21.5 Å². The lowest BCUT2D eigenvalue weighted by atomic mass is 10.2. The van der Waals surface area contributed by atoms with Crippen LogP contribution in [0.25, 0.3) is 0 Å². The van der Waals surface area contributed by atoms with Crippen molar-refractivity contribution in [1.29, 1.82) is 0 Å². The summed E-state index contributed by atoms with van der Waals surface area (Å²) in [6, 6.07) is 13.8. The number of imide groups is 1. The first-order chi connectivity index (χ1) is 16.7. The number of ether oxygens (including phenoxy) is 1. The van der Waals surface area contributed by atoms with E-state index in [2.05, 4.69) is 20.0 Å². The summed E-state index contributed by atoms with van der Waals surface area (Å²) in [5.41, 5.74) is 1.09. The lowest BCUT2D eigenvalue weighted by Gasteiger charge is -2.18. The molecule has 180 valence electrons. The molecule has 2 N–H and O–H groups in total. The number of nitrogens with one attached hydrogen (secondary N) is 2. The second kappa shape index (κ2) is 9.72. The number of aromatic nitrogens is 2. The summed E-state index contributed by atoms with van der Waals surface area (Å²) in [5.74, 6) is -1.05. The number of para-hydroxylation sites is 2. The highest BCUT2D eigenvalue weighted by atomic mass is 35.5. The number of amides is 2. The van der Waals surface area contributed by atoms with Crippen LogP contribution in [0.15, 0.2) is 76.4 Å². The molecule has 12 heteroatoms. The first-order valence-electron chi connectivity index (χ1n) is 10.4. The van der Waals surface area contributed by atoms with Gasteiger partial charge in [0.1, 0.15) is 16.5 Å². The standard InChI is InChI=1S/C23H20ClN5O5S/c1-3-34-18-7-5-4-6-17(18)29-21(30)19(24)20(22(29)31)27-15-8-10-16(11-9-15)35(32,33)28-23-25-13-12-14(2)26-23/h4-13,27H,3H2,1-2H3,(H,25,26,28). The van der Waals surface area contributed by atoms with Gasteiger partial charge in [0, 0.05) is 17.6 Å². The van der Waals surface area contributed by atoms with Crippen molar-refractivity contribution >= 4 is 50.8 Å². The molecule has 0 radical (unpaired) electrons. The van der Waals surface area contributed by atoms with E-state index in [1.165, 1.54) is 30.5 Å². The topological polar surface area (TPSA) is 131 Å². The third kappa shape index (κ3) is 4.96. The maximum atomic E-state index is 13.1. The molecule has 0 bridgehead atoms. The van der Waals surface area contributed by atoms with Gasteiger partial charge in [-0.15, -0.1) is 0 Å². The molecule has 0 fully saturated rings. The molecule has 1 aromatic heterocycles. The molecule has 0 aliphatic carbocycles. The van der Waals surface area contributed by atoms with E-state index in [0.29, 0.717) is 23.7 Å². The molecule has 3 aromatic rings. The zero-order chi connectivity index (χ0) is 25.2. The Labute approximate surface area is 206 Å². The quantitative estimate of drug-likeness (QED) is 0.438. The second-order valence-electron chi connectivity index (χ2n) is 7.31. The SMILES string of the molecule is CCOc1ccccc1N1C(=O)C(Cl)=C(Nc2ccc(S(=O)(=O)Nc3nccc(C)n3)cc2)C1=O.